The lowest BCUT2D eigenvalue weighted by atomic mass is 10.1. The summed E-state index contributed by atoms with van der Waals surface area (Å²) in [7, 11) is 1.87. The molecule has 0 aliphatic carbocycles. The van der Waals surface area contributed by atoms with Crippen molar-refractivity contribution < 1.29 is 4.79 Å². The van der Waals surface area contributed by atoms with E-state index in [-0.39, 0.29) is 11.6 Å². The van der Waals surface area contributed by atoms with Crippen LogP contribution in [-0.4, -0.2) is 25.2 Å². The summed E-state index contributed by atoms with van der Waals surface area (Å²) in [6, 6.07) is 9.70. The van der Waals surface area contributed by atoms with Gasteiger partial charge in [-0.3, -0.25) is 0 Å². The number of likely N-dealkylation sites (N-methyl/N-ethyl adjacent to an activating group) is 1. The Hall–Kier alpha value is -1.55. The highest BCUT2D eigenvalue weighted by Gasteiger charge is 2.18. The van der Waals surface area contributed by atoms with Gasteiger partial charge in [-0.15, -0.1) is 0 Å². The summed E-state index contributed by atoms with van der Waals surface area (Å²) in [4.78, 5) is 11.7. The lowest BCUT2D eigenvalue weighted by Gasteiger charge is -2.26. The summed E-state index contributed by atoms with van der Waals surface area (Å²) >= 11 is 0. The first-order valence-electron chi connectivity index (χ1n) is 5.78. The predicted molar refractivity (Wildman–Crippen MR) is 69.8 cm³/mol. The van der Waals surface area contributed by atoms with E-state index in [1.165, 1.54) is 0 Å². The van der Waals surface area contributed by atoms with Crippen LogP contribution in [0.25, 0.3) is 0 Å². The van der Waals surface area contributed by atoms with Gasteiger partial charge in [-0.1, -0.05) is 30.3 Å². The van der Waals surface area contributed by atoms with Gasteiger partial charge in [0.25, 0.3) is 0 Å². The molecule has 0 spiro atoms. The van der Waals surface area contributed by atoms with Gasteiger partial charge in [0.1, 0.15) is 0 Å². The van der Waals surface area contributed by atoms with Gasteiger partial charge in [-0.2, -0.15) is 0 Å². The molecule has 0 saturated heterocycles. The molecule has 0 aromatic heterocycles. The Balaban J connectivity index is 2.35. The zero-order valence-corrected chi connectivity index (χ0v) is 10.7. The molecular weight excluding hydrogens is 214 g/mol. The first-order valence-corrected chi connectivity index (χ1v) is 5.78. The minimum Gasteiger partial charge on any atom is -0.334 e. The predicted octanol–water partition coefficient (Wildman–Crippen LogP) is 1.48. The molecule has 0 unspecified atom stereocenters. The number of carbonyl (C=O) groups is 1. The van der Waals surface area contributed by atoms with Crippen molar-refractivity contribution >= 4 is 6.03 Å². The number of benzene rings is 1. The van der Waals surface area contributed by atoms with Crippen LogP contribution >= 0.6 is 0 Å². The maximum Gasteiger partial charge on any atom is 0.315 e. The van der Waals surface area contributed by atoms with E-state index in [2.05, 4.69) is 16.0 Å². The second-order valence-corrected chi connectivity index (χ2v) is 4.71. The van der Waals surface area contributed by atoms with Gasteiger partial charge >= 0.3 is 6.03 Å². The fourth-order valence-electron chi connectivity index (χ4n) is 1.62. The third-order valence-electron chi connectivity index (χ3n) is 2.37. The monoisotopic (exact) mass is 235 g/mol. The topological polar surface area (TPSA) is 53.2 Å². The van der Waals surface area contributed by atoms with E-state index < -0.39 is 0 Å². The molecular formula is C13H21N3O. The zero-order valence-electron chi connectivity index (χ0n) is 10.7. The maximum atomic E-state index is 11.7. The van der Waals surface area contributed by atoms with E-state index in [9.17, 15) is 4.79 Å². The molecule has 0 aliphatic heterocycles. The summed E-state index contributed by atoms with van der Waals surface area (Å²) in [5, 5.41) is 8.80. The van der Waals surface area contributed by atoms with Gasteiger partial charge in [0.2, 0.25) is 0 Å². The van der Waals surface area contributed by atoms with Gasteiger partial charge in [0.15, 0.2) is 0 Å². The van der Waals surface area contributed by atoms with Crippen molar-refractivity contribution in [3.63, 3.8) is 0 Å². The number of urea groups is 1. The minimum atomic E-state index is -0.254. The molecule has 1 rings (SSSR count). The molecule has 2 amide bonds. The summed E-state index contributed by atoms with van der Waals surface area (Å²) in [5.41, 5.74) is 0.837. The molecule has 0 heterocycles. The largest absolute Gasteiger partial charge is 0.334 e. The van der Waals surface area contributed by atoms with Crippen molar-refractivity contribution in [2.24, 2.45) is 0 Å². The fraction of sp³-hybridized carbons (Fsp3) is 0.462. The molecule has 0 bridgehead atoms. The van der Waals surface area contributed by atoms with E-state index in [1.807, 2.05) is 51.2 Å². The Morgan fingerprint density at radius 1 is 1.24 bits per heavy atom. The SMILES string of the molecule is CNCC(C)(C)NC(=O)NCc1ccccc1. The Kier molecular flexibility index (Phi) is 4.97. The molecule has 1 aromatic rings. The van der Waals surface area contributed by atoms with Crippen LogP contribution in [0.15, 0.2) is 30.3 Å². The molecule has 0 saturated carbocycles. The normalized spacial score (nSPS) is 11.0. The molecule has 3 N–H and O–H groups in total. The molecule has 0 radical (unpaired) electrons. The Bertz CT molecular complexity index is 349. The number of amides is 2. The standard InChI is InChI=1S/C13H21N3O/c1-13(2,10-14-3)16-12(17)15-9-11-7-5-4-6-8-11/h4-8,14H,9-10H2,1-3H3,(H2,15,16,17). The van der Waals surface area contributed by atoms with Crippen molar-refractivity contribution in [3.05, 3.63) is 35.9 Å². The number of hydrogen-bond acceptors (Lipinski definition) is 2. The quantitative estimate of drug-likeness (QED) is 0.724. The summed E-state index contributed by atoms with van der Waals surface area (Å²) in [6.45, 7) is 5.23. The van der Waals surface area contributed by atoms with Gasteiger partial charge in [-0.25, -0.2) is 4.79 Å². The Morgan fingerprint density at radius 3 is 2.47 bits per heavy atom. The highest BCUT2D eigenvalue weighted by Crippen LogP contribution is 2.00. The van der Waals surface area contributed by atoms with E-state index in [0.717, 1.165) is 12.1 Å². The molecule has 17 heavy (non-hydrogen) atoms. The average molecular weight is 235 g/mol. The lowest BCUT2D eigenvalue weighted by molar-refractivity contribution is 0.229. The molecule has 0 atom stereocenters. The first kappa shape index (κ1) is 13.5. The third kappa shape index (κ3) is 5.36. The van der Waals surface area contributed by atoms with Crippen LogP contribution in [0.5, 0.6) is 0 Å². The molecule has 4 nitrogen and oxygen atoms in total. The van der Waals surface area contributed by atoms with Crippen LogP contribution in [-0.2, 0) is 6.54 Å². The van der Waals surface area contributed by atoms with E-state index in [0.29, 0.717) is 6.54 Å². The van der Waals surface area contributed by atoms with Gasteiger partial charge in [-0.05, 0) is 26.5 Å². The van der Waals surface area contributed by atoms with Gasteiger partial charge in [0, 0.05) is 18.6 Å². The van der Waals surface area contributed by atoms with Crippen molar-refractivity contribution in [1.82, 2.24) is 16.0 Å². The average Bonchev–Trinajstić information content (AvgIpc) is 2.27. The first-order chi connectivity index (χ1) is 8.03. The highest BCUT2D eigenvalue weighted by molar-refractivity contribution is 5.74. The summed E-state index contributed by atoms with van der Waals surface area (Å²) in [6.07, 6.45) is 0. The number of carbonyl (C=O) groups excluding carboxylic acids is 1. The van der Waals surface area contributed by atoms with Crippen LogP contribution in [0.4, 0.5) is 4.79 Å². The van der Waals surface area contributed by atoms with Crippen molar-refractivity contribution in [1.29, 1.82) is 0 Å². The molecule has 94 valence electrons. The number of rotatable bonds is 5. The van der Waals surface area contributed by atoms with Gasteiger partial charge < -0.3 is 16.0 Å². The van der Waals surface area contributed by atoms with Crippen LogP contribution in [0, 0.1) is 0 Å². The Labute approximate surface area is 103 Å². The molecule has 4 heteroatoms. The van der Waals surface area contributed by atoms with Crippen LogP contribution in [0.1, 0.15) is 19.4 Å². The van der Waals surface area contributed by atoms with Gasteiger partial charge in [0.05, 0.1) is 0 Å². The second kappa shape index (κ2) is 6.25. The van der Waals surface area contributed by atoms with E-state index in [1.54, 1.807) is 0 Å². The maximum absolute atomic E-state index is 11.7. The van der Waals surface area contributed by atoms with Crippen LogP contribution in [0.2, 0.25) is 0 Å². The van der Waals surface area contributed by atoms with Crippen LogP contribution < -0.4 is 16.0 Å². The van der Waals surface area contributed by atoms with E-state index in [4.69, 9.17) is 0 Å². The zero-order chi connectivity index (χ0) is 12.7. The smallest absolute Gasteiger partial charge is 0.315 e. The van der Waals surface area contributed by atoms with Crippen LogP contribution in [0.3, 0.4) is 0 Å². The minimum absolute atomic E-state index is 0.144. The Morgan fingerprint density at radius 2 is 1.88 bits per heavy atom. The molecule has 1 aromatic carbocycles. The summed E-state index contributed by atoms with van der Waals surface area (Å²) < 4.78 is 0. The fourth-order valence-corrected chi connectivity index (χ4v) is 1.62. The van der Waals surface area contributed by atoms with Crippen molar-refractivity contribution in [2.75, 3.05) is 13.6 Å². The summed E-state index contributed by atoms with van der Waals surface area (Å²) in [5.74, 6) is 0. The highest BCUT2D eigenvalue weighted by atomic mass is 16.2. The molecule has 0 fully saturated rings. The number of hydrogen-bond donors (Lipinski definition) is 3. The second-order valence-electron chi connectivity index (χ2n) is 4.71. The third-order valence-corrected chi connectivity index (χ3v) is 2.37. The number of nitrogens with one attached hydrogen (secondary N) is 3. The lowest BCUT2D eigenvalue weighted by Crippen LogP contribution is -2.52. The van der Waals surface area contributed by atoms with Crippen molar-refractivity contribution in [3.8, 4) is 0 Å². The molecule has 0 aliphatic rings. The van der Waals surface area contributed by atoms with E-state index >= 15 is 0 Å². The van der Waals surface area contributed by atoms with Crippen molar-refractivity contribution in [2.45, 2.75) is 25.9 Å².